The number of benzene rings is 1. The van der Waals surface area contributed by atoms with Gasteiger partial charge in [0.25, 0.3) is 0 Å². The van der Waals surface area contributed by atoms with E-state index in [0.29, 0.717) is 12.1 Å². The van der Waals surface area contributed by atoms with E-state index in [1.54, 1.807) is 6.07 Å². The first-order chi connectivity index (χ1) is 9.40. The second-order valence-electron chi connectivity index (χ2n) is 3.59. The van der Waals surface area contributed by atoms with Crippen molar-refractivity contribution in [1.29, 1.82) is 5.26 Å². The number of aromatic nitrogens is 2. The van der Waals surface area contributed by atoms with Crippen molar-refractivity contribution in [3.8, 4) is 17.7 Å². The van der Waals surface area contributed by atoms with Crippen LogP contribution in [0.5, 0.6) is 11.6 Å². The van der Waals surface area contributed by atoms with Crippen molar-refractivity contribution in [2.45, 2.75) is 6.18 Å². The summed E-state index contributed by atoms with van der Waals surface area (Å²) in [5.74, 6) is -1.74. The first kappa shape index (κ1) is 13.7. The first-order valence-corrected chi connectivity index (χ1v) is 5.17. The van der Waals surface area contributed by atoms with Crippen molar-refractivity contribution in [3.63, 3.8) is 0 Å². The van der Waals surface area contributed by atoms with Gasteiger partial charge in [0, 0.05) is 0 Å². The molecule has 0 N–H and O–H groups in total. The van der Waals surface area contributed by atoms with Gasteiger partial charge in [0.1, 0.15) is 17.6 Å². The molecule has 1 heterocycles. The van der Waals surface area contributed by atoms with Gasteiger partial charge in [-0.05, 0) is 18.2 Å². The Kier molecular flexibility index (Phi) is 3.52. The summed E-state index contributed by atoms with van der Waals surface area (Å²) in [6.45, 7) is 0. The summed E-state index contributed by atoms with van der Waals surface area (Å²) < 4.78 is 55.6. The molecule has 2 aromatic rings. The monoisotopic (exact) mass is 283 g/mol. The molecule has 0 bridgehead atoms. The molecule has 20 heavy (non-hydrogen) atoms. The standard InChI is InChI=1S/C12H5F4N3O/c13-10-2-1-8(3-9(10)12(14,15)16)20-11-6-18-7(4-17)5-19-11/h1-3,5-6H. The number of halogens is 4. The van der Waals surface area contributed by atoms with Gasteiger partial charge in [-0.15, -0.1) is 0 Å². The topological polar surface area (TPSA) is 58.8 Å². The second kappa shape index (κ2) is 5.13. The van der Waals surface area contributed by atoms with Crippen LogP contribution in [0.25, 0.3) is 0 Å². The van der Waals surface area contributed by atoms with Gasteiger partial charge in [0.2, 0.25) is 5.88 Å². The molecule has 0 fully saturated rings. The predicted molar refractivity (Wildman–Crippen MR) is 58.2 cm³/mol. The third kappa shape index (κ3) is 3.00. The van der Waals surface area contributed by atoms with Gasteiger partial charge in [-0.1, -0.05) is 0 Å². The van der Waals surface area contributed by atoms with Crippen LogP contribution in [0.3, 0.4) is 0 Å². The van der Waals surface area contributed by atoms with Crippen LogP contribution in [0.15, 0.2) is 30.6 Å². The van der Waals surface area contributed by atoms with E-state index in [9.17, 15) is 17.6 Å². The fourth-order valence-corrected chi connectivity index (χ4v) is 1.33. The highest BCUT2D eigenvalue weighted by Gasteiger charge is 2.34. The number of rotatable bonds is 2. The zero-order valence-corrected chi connectivity index (χ0v) is 9.65. The minimum atomic E-state index is -4.82. The van der Waals surface area contributed by atoms with Gasteiger partial charge in [0.15, 0.2) is 5.69 Å². The third-order valence-electron chi connectivity index (χ3n) is 2.21. The molecule has 0 aliphatic carbocycles. The Morgan fingerprint density at radius 2 is 1.90 bits per heavy atom. The Bertz CT molecular complexity index is 662. The van der Waals surface area contributed by atoms with Gasteiger partial charge in [-0.25, -0.2) is 14.4 Å². The average Bonchev–Trinajstić information content (AvgIpc) is 2.40. The van der Waals surface area contributed by atoms with Crippen LogP contribution < -0.4 is 4.74 Å². The fraction of sp³-hybridized carbons (Fsp3) is 0.0833. The van der Waals surface area contributed by atoms with E-state index in [1.807, 2.05) is 0 Å². The van der Waals surface area contributed by atoms with E-state index in [1.165, 1.54) is 0 Å². The molecule has 0 unspecified atom stereocenters. The van der Waals surface area contributed by atoms with E-state index >= 15 is 0 Å². The Labute approximate surface area is 110 Å². The van der Waals surface area contributed by atoms with Crippen LogP contribution in [-0.2, 0) is 6.18 Å². The van der Waals surface area contributed by atoms with Crippen molar-refractivity contribution in [2.24, 2.45) is 0 Å². The maximum atomic E-state index is 13.1. The lowest BCUT2D eigenvalue weighted by atomic mass is 10.2. The molecule has 0 saturated carbocycles. The van der Waals surface area contributed by atoms with Crippen LogP contribution in [0, 0.1) is 17.1 Å². The molecule has 1 aromatic carbocycles. The molecule has 2 rings (SSSR count). The van der Waals surface area contributed by atoms with Gasteiger partial charge >= 0.3 is 6.18 Å². The highest BCUT2D eigenvalue weighted by atomic mass is 19.4. The summed E-state index contributed by atoms with van der Waals surface area (Å²) in [6.07, 6.45) is -2.64. The number of nitriles is 1. The summed E-state index contributed by atoms with van der Waals surface area (Å²) in [6, 6.07) is 3.93. The number of nitrogens with zero attached hydrogens (tertiary/aromatic N) is 3. The number of alkyl halides is 3. The van der Waals surface area contributed by atoms with Gasteiger partial charge in [0.05, 0.1) is 18.0 Å². The lowest BCUT2D eigenvalue weighted by molar-refractivity contribution is -0.140. The van der Waals surface area contributed by atoms with Crippen molar-refractivity contribution >= 4 is 0 Å². The summed E-state index contributed by atoms with van der Waals surface area (Å²) >= 11 is 0. The Morgan fingerprint density at radius 1 is 1.15 bits per heavy atom. The van der Waals surface area contributed by atoms with Crippen LogP contribution in [0.4, 0.5) is 17.6 Å². The normalized spacial score (nSPS) is 10.9. The number of hydrogen-bond acceptors (Lipinski definition) is 4. The third-order valence-corrected chi connectivity index (χ3v) is 2.21. The Balaban J connectivity index is 2.28. The molecule has 0 aliphatic heterocycles. The molecule has 4 nitrogen and oxygen atoms in total. The molecule has 1 aromatic heterocycles. The molecular formula is C12H5F4N3O. The van der Waals surface area contributed by atoms with Crippen molar-refractivity contribution in [1.82, 2.24) is 9.97 Å². The molecule has 0 spiro atoms. The summed E-state index contributed by atoms with van der Waals surface area (Å²) in [5.41, 5.74) is -1.40. The van der Waals surface area contributed by atoms with Crippen LogP contribution in [0.2, 0.25) is 0 Å². The fourth-order valence-electron chi connectivity index (χ4n) is 1.33. The lowest BCUT2D eigenvalue weighted by Crippen LogP contribution is -2.08. The SMILES string of the molecule is N#Cc1cnc(Oc2ccc(F)c(C(F)(F)F)c2)cn1. The molecule has 0 atom stereocenters. The van der Waals surface area contributed by atoms with E-state index in [2.05, 4.69) is 9.97 Å². The van der Waals surface area contributed by atoms with Gasteiger partial charge < -0.3 is 4.74 Å². The maximum absolute atomic E-state index is 13.1. The van der Waals surface area contributed by atoms with Crippen LogP contribution in [0.1, 0.15) is 11.3 Å². The summed E-state index contributed by atoms with van der Waals surface area (Å²) in [5, 5.41) is 8.51. The highest BCUT2D eigenvalue weighted by molar-refractivity contribution is 5.34. The largest absolute Gasteiger partial charge is 0.437 e. The molecule has 102 valence electrons. The van der Waals surface area contributed by atoms with E-state index < -0.39 is 17.6 Å². The van der Waals surface area contributed by atoms with E-state index in [0.717, 1.165) is 18.5 Å². The quantitative estimate of drug-likeness (QED) is 0.793. The van der Waals surface area contributed by atoms with Crippen molar-refractivity contribution < 1.29 is 22.3 Å². The molecule has 8 heteroatoms. The van der Waals surface area contributed by atoms with E-state index in [-0.39, 0.29) is 17.3 Å². The Morgan fingerprint density at radius 3 is 2.45 bits per heavy atom. The van der Waals surface area contributed by atoms with Crippen LogP contribution in [-0.4, -0.2) is 9.97 Å². The van der Waals surface area contributed by atoms with Crippen molar-refractivity contribution in [3.05, 3.63) is 47.7 Å². The maximum Gasteiger partial charge on any atom is 0.419 e. The molecule has 0 amide bonds. The van der Waals surface area contributed by atoms with Gasteiger partial charge in [-0.3, -0.25) is 0 Å². The summed E-state index contributed by atoms with van der Waals surface area (Å²) in [4.78, 5) is 7.31. The Hall–Kier alpha value is -2.69. The molecule has 0 radical (unpaired) electrons. The van der Waals surface area contributed by atoms with Crippen LogP contribution >= 0.6 is 0 Å². The lowest BCUT2D eigenvalue weighted by Gasteiger charge is -2.10. The predicted octanol–water partition coefficient (Wildman–Crippen LogP) is 3.30. The molecule has 0 aliphatic rings. The number of hydrogen-bond donors (Lipinski definition) is 0. The smallest absolute Gasteiger partial charge is 0.419 e. The zero-order valence-electron chi connectivity index (χ0n) is 9.65. The van der Waals surface area contributed by atoms with Gasteiger partial charge in [-0.2, -0.15) is 18.4 Å². The summed E-state index contributed by atoms with van der Waals surface area (Å²) in [7, 11) is 0. The number of ether oxygens (including phenoxy) is 1. The average molecular weight is 283 g/mol. The van der Waals surface area contributed by atoms with Crippen molar-refractivity contribution in [2.75, 3.05) is 0 Å². The second-order valence-corrected chi connectivity index (χ2v) is 3.59. The molecular weight excluding hydrogens is 278 g/mol. The zero-order chi connectivity index (χ0) is 14.8. The highest BCUT2D eigenvalue weighted by Crippen LogP contribution is 2.34. The molecule has 0 saturated heterocycles. The minimum Gasteiger partial charge on any atom is -0.437 e. The van der Waals surface area contributed by atoms with E-state index in [4.69, 9.17) is 10.00 Å². The minimum absolute atomic E-state index is 0.0347. The first-order valence-electron chi connectivity index (χ1n) is 5.17.